The number of piperazine rings is 1. The second-order valence-corrected chi connectivity index (χ2v) is 11.3. The fraction of sp³-hybridized carbons (Fsp3) is 0.639. The first-order chi connectivity index (χ1) is 22.4. The number of hydrogen-bond acceptors (Lipinski definition) is 10. The van der Waals surface area contributed by atoms with Crippen LogP contribution in [-0.2, 0) is 16.0 Å². The molecule has 2 heterocycles. The van der Waals surface area contributed by atoms with Crippen molar-refractivity contribution in [3.63, 3.8) is 0 Å². The Bertz CT molecular complexity index is 1030. The molecule has 2 saturated heterocycles. The molecule has 0 radical (unpaired) electrons. The quantitative estimate of drug-likeness (QED) is 0.318. The molecule has 0 aromatic heterocycles. The molecular formula is C36H61N5O5. The molecule has 2 fully saturated rings. The summed E-state index contributed by atoms with van der Waals surface area (Å²) in [5.74, 6) is 0. The van der Waals surface area contributed by atoms with Gasteiger partial charge in [-0.05, 0) is 43.6 Å². The van der Waals surface area contributed by atoms with Gasteiger partial charge in [0.1, 0.15) is 6.07 Å². The zero-order valence-corrected chi connectivity index (χ0v) is 29.1. The van der Waals surface area contributed by atoms with Gasteiger partial charge in [-0.1, -0.05) is 63.2 Å². The fourth-order valence-corrected chi connectivity index (χ4v) is 5.31. The van der Waals surface area contributed by atoms with Gasteiger partial charge in [-0.25, -0.2) is 0 Å². The Morgan fingerprint density at radius 1 is 0.739 bits per heavy atom. The first-order valence-electron chi connectivity index (χ1n) is 16.8. The Labute approximate surface area is 278 Å². The first-order valence-corrected chi connectivity index (χ1v) is 16.8. The van der Waals surface area contributed by atoms with Gasteiger partial charge in [-0.2, -0.15) is 5.26 Å². The van der Waals surface area contributed by atoms with Crippen molar-refractivity contribution in [2.24, 2.45) is 0 Å². The van der Waals surface area contributed by atoms with E-state index in [9.17, 15) is 10.2 Å². The van der Waals surface area contributed by atoms with Crippen LogP contribution in [0.2, 0.25) is 0 Å². The van der Waals surface area contributed by atoms with Crippen molar-refractivity contribution in [2.75, 3.05) is 104 Å². The van der Waals surface area contributed by atoms with Gasteiger partial charge in [0.2, 0.25) is 0 Å². The van der Waals surface area contributed by atoms with E-state index in [4.69, 9.17) is 19.8 Å². The number of nitrogens with zero attached hydrogens (tertiary/aromatic N) is 5. The minimum absolute atomic E-state index is 0.319. The summed E-state index contributed by atoms with van der Waals surface area (Å²) in [6, 6.07) is 20.6. The van der Waals surface area contributed by atoms with Gasteiger partial charge >= 0.3 is 0 Å². The van der Waals surface area contributed by atoms with Crippen LogP contribution in [0.25, 0.3) is 0 Å². The number of benzene rings is 2. The third-order valence-corrected chi connectivity index (χ3v) is 7.55. The second-order valence-electron chi connectivity index (χ2n) is 11.3. The average Bonchev–Trinajstić information content (AvgIpc) is 3.31. The highest BCUT2D eigenvalue weighted by molar-refractivity contribution is 5.59. The van der Waals surface area contributed by atoms with Gasteiger partial charge in [0, 0.05) is 79.7 Å². The Hall–Kier alpha value is -2.59. The molecule has 0 bridgehead atoms. The minimum atomic E-state index is -0.432. The van der Waals surface area contributed by atoms with Crippen LogP contribution in [-0.4, -0.2) is 142 Å². The summed E-state index contributed by atoms with van der Waals surface area (Å²) in [5, 5.41) is 36.6. The molecule has 2 unspecified atom stereocenters. The molecule has 0 spiro atoms. The highest BCUT2D eigenvalue weighted by Crippen LogP contribution is 2.21. The predicted molar refractivity (Wildman–Crippen MR) is 187 cm³/mol. The molecule has 2 aliphatic rings. The van der Waals surface area contributed by atoms with E-state index < -0.39 is 6.10 Å². The molecule has 10 heteroatoms. The molecule has 0 amide bonds. The van der Waals surface area contributed by atoms with Gasteiger partial charge in [-0.15, -0.1) is 0 Å². The SMILES string of the molecule is CC.CCCO.COCC(O)CN1CCCN(Cc2ccccc2)CC1.COCC(O)CN1CCN(c2ccccc2C#N)CC1. The molecule has 2 aliphatic heterocycles. The maximum absolute atomic E-state index is 9.81. The van der Waals surface area contributed by atoms with E-state index in [0.717, 1.165) is 83.0 Å². The standard InChI is InChI=1S/C16H26N2O2.C15H21N3O2.C3H8O.C2H6/c1-20-14-16(19)13-18-9-5-8-17(10-11-18)12-15-6-3-2-4-7-15;1-20-12-14(19)11-17-6-8-18(9-7-17)15-5-3-2-4-13(15)10-16;1-2-3-4;1-2/h2-4,6-7,16,19H,5,8-14H2,1H3;2-5,14,19H,6-9,11-12H2,1H3;4H,2-3H2,1H3;1-2H3. The van der Waals surface area contributed by atoms with Crippen LogP contribution < -0.4 is 4.90 Å². The lowest BCUT2D eigenvalue weighted by atomic mass is 10.1. The van der Waals surface area contributed by atoms with Crippen molar-refractivity contribution in [1.29, 1.82) is 5.26 Å². The molecule has 3 N–H and O–H groups in total. The highest BCUT2D eigenvalue weighted by atomic mass is 16.5. The van der Waals surface area contributed by atoms with E-state index in [1.54, 1.807) is 14.2 Å². The van der Waals surface area contributed by atoms with Crippen LogP contribution in [0.5, 0.6) is 0 Å². The van der Waals surface area contributed by atoms with Crippen LogP contribution in [0.4, 0.5) is 5.69 Å². The van der Waals surface area contributed by atoms with Gasteiger partial charge in [0.25, 0.3) is 0 Å². The Kier molecular flexibility index (Phi) is 23.8. The van der Waals surface area contributed by atoms with Crippen LogP contribution >= 0.6 is 0 Å². The lowest BCUT2D eigenvalue weighted by molar-refractivity contribution is 0.0365. The van der Waals surface area contributed by atoms with Crippen molar-refractivity contribution in [2.45, 2.75) is 52.4 Å². The van der Waals surface area contributed by atoms with Gasteiger partial charge in [0.05, 0.1) is 36.7 Å². The largest absolute Gasteiger partial charge is 0.396 e. The summed E-state index contributed by atoms with van der Waals surface area (Å²) in [6.07, 6.45) is 1.23. The minimum Gasteiger partial charge on any atom is -0.396 e. The second kappa shape index (κ2) is 26.5. The molecule has 2 aromatic rings. The van der Waals surface area contributed by atoms with E-state index in [-0.39, 0.29) is 6.10 Å². The van der Waals surface area contributed by atoms with E-state index in [1.807, 2.05) is 45.0 Å². The Morgan fingerprint density at radius 2 is 1.22 bits per heavy atom. The van der Waals surface area contributed by atoms with E-state index in [0.29, 0.717) is 32.9 Å². The highest BCUT2D eigenvalue weighted by Gasteiger charge is 2.21. The van der Waals surface area contributed by atoms with Gasteiger partial charge in [-0.3, -0.25) is 14.7 Å². The van der Waals surface area contributed by atoms with Crippen molar-refractivity contribution in [3.8, 4) is 6.07 Å². The number of hydrogen-bond donors (Lipinski definition) is 3. The first kappa shape index (κ1) is 41.4. The van der Waals surface area contributed by atoms with Gasteiger partial charge in [0.15, 0.2) is 0 Å². The topological polar surface area (TPSA) is 116 Å². The number of nitriles is 1. The molecule has 0 aliphatic carbocycles. The monoisotopic (exact) mass is 643 g/mol. The Balaban J connectivity index is 0.000000393. The number of β-amino-alcohol motifs (C(OH)–C–C–N with tert-alkyl or cyclic N) is 2. The zero-order chi connectivity index (χ0) is 34.0. The molecule has 2 aromatic carbocycles. The number of para-hydroxylation sites is 1. The smallest absolute Gasteiger partial charge is 0.101 e. The molecule has 46 heavy (non-hydrogen) atoms. The number of ether oxygens (including phenoxy) is 2. The lowest BCUT2D eigenvalue weighted by Gasteiger charge is -2.37. The Morgan fingerprint density at radius 3 is 1.76 bits per heavy atom. The molecule has 10 nitrogen and oxygen atoms in total. The lowest BCUT2D eigenvalue weighted by Crippen LogP contribution is -2.49. The van der Waals surface area contributed by atoms with Crippen LogP contribution in [0, 0.1) is 11.3 Å². The van der Waals surface area contributed by atoms with Crippen molar-refractivity contribution >= 4 is 5.69 Å². The molecule has 260 valence electrons. The van der Waals surface area contributed by atoms with E-state index in [2.05, 4.69) is 56.0 Å². The zero-order valence-electron chi connectivity index (χ0n) is 29.1. The molecule has 4 rings (SSSR count). The predicted octanol–water partition coefficient (Wildman–Crippen LogP) is 3.30. The average molecular weight is 644 g/mol. The normalized spacial score (nSPS) is 17.1. The number of methoxy groups -OCH3 is 2. The van der Waals surface area contributed by atoms with Crippen molar-refractivity contribution in [1.82, 2.24) is 14.7 Å². The fourth-order valence-electron chi connectivity index (χ4n) is 5.31. The van der Waals surface area contributed by atoms with Crippen LogP contribution in [0.3, 0.4) is 0 Å². The van der Waals surface area contributed by atoms with Crippen LogP contribution in [0.15, 0.2) is 54.6 Å². The number of aliphatic hydroxyl groups is 3. The summed E-state index contributed by atoms with van der Waals surface area (Å²) in [5.41, 5.74) is 3.10. The molecular weight excluding hydrogens is 582 g/mol. The summed E-state index contributed by atoms with van der Waals surface area (Å²) < 4.78 is 9.93. The number of anilines is 1. The van der Waals surface area contributed by atoms with Crippen molar-refractivity contribution < 1.29 is 24.8 Å². The van der Waals surface area contributed by atoms with E-state index >= 15 is 0 Å². The molecule has 2 atom stereocenters. The number of aliphatic hydroxyl groups excluding tert-OH is 3. The number of rotatable bonds is 12. The summed E-state index contributed by atoms with van der Waals surface area (Å²) >= 11 is 0. The summed E-state index contributed by atoms with van der Waals surface area (Å²) in [4.78, 5) is 9.31. The third kappa shape index (κ3) is 17.4. The van der Waals surface area contributed by atoms with Crippen LogP contribution in [0.1, 0.15) is 44.7 Å². The summed E-state index contributed by atoms with van der Waals surface area (Å²) in [6.45, 7) is 17.2. The summed E-state index contributed by atoms with van der Waals surface area (Å²) in [7, 11) is 3.23. The maximum Gasteiger partial charge on any atom is 0.101 e. The maximum atomic E-state index is 9.81. The molecule has 0 saturated carbocycles. The van der Waals surface area contributed by atoms with Gasteiger partial charge < -0.3 is 29.7 Å². The third-order valence-electron chi connectivity index (χ3n) is 7.55. The van der Waals surface area contributed by atoms with E-state index in [1.165, 1.54) is 5.56 Å². The van der Waals surface area contributed by atoms with Crippen molar-refractivity contribution in [3.05, 3.63) is 65.7 Å².